The van der Waals surface area contributed by atoms with Gasteiger partial charge in [0.2, 0.25) is 0 Å². The number of nitrogens with one attached hydrogen (secondary N) is 1. The predicted molar refractivity (Wildman–Crippen MR) is 85.2 cm³/mol. The van der Waals surface area contributed by atoms with Crippen molar-refractivity contribution in [2.75, 3.05) is 12.3 Å². The molecule has 0 saturated heterocycles. The molecule has 2 heterocycles. The summed E-state index contributed by atoms with van der Waals surface area (Å²) in [5.74, 6) is 1.68. The summed E-state index contributed by atoms with van der Waals surface area (Å²) in [7, 11) is 0. The fraction of sp³-hybridized carbons (Fsp3) is 0.353. The van der Waals surface area contributed by atoms with Gasteiger partial charge in [0.05, 0.1) is 0 Å². The predicted octanol–water partition coefficient (Wildman–Crippen LogP) is 4.01. The quantitative estimate of drug-likeness (QED) is 0.898. The van der Waals surface area contributed by atoms with Gasteiger partial charge in [-0.2, -0.15) is 0 Å². The summed E-state index contributed by atoms with van der Waals surface area (Å²) in [6.07, 6.45) is 4.99. The Hall–Kier alpha value is -1.32. The lowest BCUT2D eigenvalue weighted by Gasteiger charge is -2.25. The first kappa shape index (κ1) is 13.7. The Bertz CT molecular complexity index is 556. The lowest BCUT2D eigenvalue weighted by molar-refractivity contribution is 0.470. The number of fused-ring (bicyclic) bond motifs is 1. The Morgan fingerprint density at radius 3 is 3.00 bits per heavy atom. The third-order valence-corrected chi connectivity index (χ3v) is 5.01. The highest BCUT2D eigenvalue weighted by Crippen LogP contribution is 2.45. The number of thioether (sulfide) groups is 1. The molecular formula is C17H20N2S. The maximum absolute atomic E-state index is 4.29. The molecule has 1 aliphatic heterocycles. The van der Waals surface area contributed by atoms with Gasteiger partial charge in [0, 0.05) is 35.0 Å². The lowest BCUT2D eigenvalue weighted by atomic mass is 9.89. The van der Waals surface area contributed by atoms with Crippen molar-refractivity contribution >= 4 is 11.8 Å². The first-order chi connectivity index (χ1) is 9.90. The van der Waals surface area contributed by atoms with Crippen LogP contribution >= 0.6 is 11.8 Å². The summed E-state index contributed by atoms with van der Waals surface area (Å²) in [6.45, 7) is 3.26. The van der Waals surface area contributed by atoms with E-state index in [1.807, 2.05) is 30.2 Å². The topological polar surface area (TPSA) is 24.9 Å². The molecule has 0 aliphatic carbocycles. The Morgan fingerprint density at radius 2 is 2.20 bits per heavy atom. The highest BCUT2D eigenvalue weighted by molar-refractivity contribution is 7.99. The van der Waals surface area contributed by atoms with E-state index in [4.69, 9.17) is 0 Å². The maximum Gasteiger partial charge on any atom is 0.0413 e. The van der Waals surface area contributed by atoms with Crippen LogP contribution in [0.4, 0.5) is 0 Å². The summed E-state index contributed by atoms with van der Waals surface area (Å²) in [5.41, 5.74) is 2.78. The molecule has 0 bridgehead atoms. The van der Waals surface area contributed by atoms with E-state index in [9.17, 15) is 0 Å². The van der Waals surface area contributed by atoms with Crippen LogP contribution in [0.2, 0.25) is 0 Å². The van der Waals surface area contributed by atoms with E-state index in [2.05, 4.69) is 47.6 Å². The molecule has 1 aromatic carbocycles. The fourth-order valence-corrected chi connectivity index (χ4v) is 4.11. The Morgan fingerprint density at radius 1 is 1.30 bits per heavy atom. The molecule has 2 unspecified atom stereocenters. The van der Waals surface area contributed by atoms with Crippen molar-refractivity contribution in [1.29, 1.82) is 0 Å². The monoisotopic (exact) mass is 284 g/mol. The number of benzene rings is 1. The van der Waals surface area contributed by atoms with Crippen molar-refractivity contribution in [2.45, 2.75) is 30.2 Å². The Labute approximate surface area is 125 Å². The summed E-state index contributed by atoms with van der Waals surface area (Å²) in [6, 6.07) is 13.4. The molecule has 1 aromatic heterocycles. The van der Waals surface area contributed by atoms with Gasteiger partial charge in [-0.25, -0.2) is 0 Å². The van der Waals surface area contributed by atoms with E-state index in [1.54, 1.807) is 0 Å². The van der Waals surface area contributed by atoms with Gasteiger partial charge >= 0.3 is 0 Å². The maximum atomic E-state index is 4.29. The summed E-state index contributed by atoms with van der Waals surface area (Å²) < 4.78 is 0. The zero-order chi connectivity index (χ0) is 13.8. The van der Waals surface area contributed by atoms with Crippen LogP contribution in [0.3, 0.4) is 0 Å². The van der Waals surface area contributed by atoms with Crippen LogP contribution in [0.25, 0.3) is 0 Å². The van der Waals surface area contributed by atoms with Crippen LogP contribution in [0.15, 0.2) is 53.7 Å². The van der Waals surface area contributed by atoms with Crippen molar-refractivity contribution in [3.05, 3.63) is 59.9 Å². The number of hydrogen-bond acceptors (Lipinski definition) is 3. The van der Waals surface area contributed by atoms with Crippen molar-refractivity contribution in [3.63, 3.8) is 0 Å². The molecule has 0 radical (unpaired) electrons. The molecule has 2 atom stereocenters. The third-order valence-electron chi connectivity index (χ3n) is 3.80. The van der Waals surface area contributed by atoms with Gasteiger partial charge in [-0.3, -0.25) is 4.98 Å². The minimum atomic E-state index is 0.361. The van der Waals surface area contributed by atoms with Gasteiger partial charge in [-0.15, -0.1) is 11.8 Å². The zero-order valence-electron chi connectivity index (χ0n) is 11.8. The Kier molecular flexibility index (Phi) is 4.38. The van der Waals surface area contributed by atoms with Crippen LogP contribution < -0.4 is 5.32 Å². The molecule has 0 amide bonds. The van der Waals surface area contributed by atoms with Crippen LogP contribution in [-0.4, -0.2) is 17.3 Å². The molecule has 3 rings (SSSR count). The molecule has 2 aromatic rings. The van der Waals surface area contributed by atoms with Gasteiger partial charge in [0.1, 0.15) is 0 Å². The van der Waals surface area contributed by atoms with Gasteiger partial charge in [-0.05, 0) is 36.2 Å². The minimum Gasteiger partial charge on any atom is -0.309 e. The average Bonchev–Trinajstić information content (AvgIpc) is 2.93. The second-order valence-corrected chi connectivity index (χ2v) is 6.24. The molecule has 3 heteroatoms. The number of rotatable bonds is 5. The Balaban J connectivity index is 1.91. The summed E-state index contributed by atoms with van der Waals surface area (Å²) in [4.78, 5) is 5.73. The van der Waals surface area contributed by atoms with Gasteiger partial charge in [0.15, 0.2) is 0 Å². The van der Waals surface area contributed by atoms with E-state index in [0.29, 0.717) is 12.0 Å². The van der Waals surface area contributed by atoms with Crippen molar-refractivity contribution in [2.24, 2.45) is 0 Å². The van der Waals surface area contributed by atoms with Crippen molar-refractivity contribution in [1.82, 2.24) is 10.3 Å². The van der Waals surface area contributed by atoms with E-state index in [0.717, 1.165) is 18.7 Å². The molecule has 20 heavy (non-hydrogen) atoms. The molecule has 0 saturated carbocycles. The second-order valence-electron chi connectivity index (χ2n) is 5.17. The van der Waals surface area contributed by atoms with Gasteiger partial charge in [-0.1, -0.05) is 31.2 Å². The summed E-state index contributed by atoms with van der Waals surface area (Å²) >= 11 is 1.97. The molecule has 0 fully saturated rings. The molecule has 1 N–H and O–H groups in total. The van der Waals surface area contributed by atoms with Crippen LogP contribution in [-0.2, 0) is 0 Å². The third kappa shape index (κ3) is 2.74. The van der Waals surface area contributed by atoms with E-state index < -0.39 is 0 Å². The van der Waals surface area contributed by atoms with Crippen LogP contribution in [0, 0.1) is 0 Å². The second kappa shape index (κ2) is 6.42. The molecule has 0 spiro atoms. The van der Waals surface area contributed by atoms with Crippen LogP contribution in [0.5, 0.6) is 0 Å². The highest BCUT2D eigenvalue weighted by Gasteiger charge is 2.30. The normalized spacial score (nSPS) is 18.8. The average molecular weight is 284 g/mol. The fourth-order valence-electron chi connectivity index (χ4n) is 2.82. The van der Waals surface area contributed by atoms with E-state index >= 15 is 0 Å². The zero-order valence-corrected chi connectivity index (χ0v) is 12.6. The van der Waals surface area contributed by atoms with Crippen molar-refractivity contribution < 1.29 is 0 Å². The van der Waals surface area contributed by atoms with Crippen LogP contribution in [0.1, 0.15) is 36.4 Å². The van der Waals surface area contributed by atoms with E-state index in [1.165, 1.54) is 16.0 Å². The molecule has 1 aliphatic rings. The number of nitrogens with zero attached hydrogens (tertiary/aromatic N) is 1. The van der Waals surface area contributed by atoms with Gasteiger partial charge in [0.25, 0.3) is 0 Å². The summed E-state index contributed by atoms with van der Waals surface area (Å²) in [5, 5.41) is 3.72. The SMILES string of the molecule is CCCNC(c1cccnc1)C1CSc2ccccc21. The molecule has 104 valence electrons. The van der Waals surface area contributed by atoms with Crippen molar-refractivity contribution in [3.8, 4) is 0 Å². The number of hydrogen-bond donors (Lipinski definition) is 1. The smallest absolute Gasteiger partial charge is 0.0413 e. The number of pyridine rings is 1. The van der Waals surface area contributed by atoms with E-state index in [-0.39, 0.29) is 0 Å². The lowest BCUT2D eigenvalue weighted by Crippen LogP contribution is -2.28. The minimum absolute atomic E-state index is 0.361. The first-order valence-corrected chi connectivity index (χ1v) is 8.23. The molecule has 2 nitrogen and oxygen atoms in total. The first-order valence-electron chi connectivity index (χ1n) is 7.25. The highest BCUT2D eigenvalue weighted by atomic mass is 32.2. The molecular weight excluding hydrogens is 264 g/mol. The van der Waals surface area contributed by atoms with Gasteiger partial charge < -0.3 is 5.32 Å². The largest absolute Gasteiger partial charge is 0.309 e. The standard InChI is InChI=1S/C17H20N2S/c1-2-9-19-17(13-6-5-10-18-11-13)15-12-20-16-8-4-3-7-14(15)16/h3-8,10-11,15,17,19H,2,9,12H2,1H3. The number of aromatic nitrogens is 1.